The fraction of sp³-hybridized carbons (Fsp3) is 0.167. The van der Waals surface area contributed by atoms with Gasteiger partial charge in [-0.15, -0.1) is 0 Å². The third kappa shape index (κ3) is 0.478. The van der Waals surface area contributed by atoms with Crippen LogP contribution in [0.3, 0.4) is 0 Å². The van der Waals surface area contributed by atoms with Gasteiger partial charge in [0.1, 0.15) is 5.82 Å². The van der Waals surface area contributed by atoms with Crippen molar-refractivity contribution in [2.75, 3.05) is 5.73 Å². The molecule has 0 fully saturated rings. The molecule has 0 radical (unpaired) electrons. The van der Waals surface area contributed by atoms with Crippen LogP contribution in [0.25, 0.3) is 5.65 Å². The number of nitrogens with two attached hydrogens (primary N) is 1. The van der Waals surface area contributed by atoms with Gasteiger partial charge in [-0.3, -0.25) is 4.40 Å². The first-order valence-corrected chi connectivity index (χ1v) is 3.06. The molecule has 2 aromatic rings. The second kappa shape index (κ2) is 1.53. The first-order valence-electron chi connectivity index (χ1n) is 3.06. The van der Waals surface area contributed by atoms with Gasteiger partial charge in [0.25, 0.3) is 0 Å². The summed E-state index contributed by atoms with van der Waals surface area (Å²) in [6, 6.07) is 0. The number of aromatic nitrogens is 3. The van der Waals surface area contributed by atoms with Crippen LogP contribution in [0.1, 0.15) is 5.82 Å². The first-order chi connectivity index (χ1) is 4.79. The van der Waals surface area contributed by atoms with Crippen LogP contribution in [0.5, 0.6) is 0 Å². The number of aromatic amines is 1. The van der Waals surface area contributed by atoms with E-state index in [9.17, 15) is 0 Å². The van der Waals surface area contributed by atoms with E-state index in [1.54, 1.807) is 0 Å². The van der Waals surface area contributed by atoms with E-state index in [1.807, 2.05) is 23.7 Å². The lowest BCUT2D eigenvalue weighted by atomic mass is 10.7. The Balaban J connectivity index is 2.98. The van der Waals surface area contributed by atoms with Crippen LogP contribution in [0, 0.1) is 6.92 Å². The molecular formula is C6H8N4. The molecular weight excluding hydrogens is 128 g/mol. The number of imidazole rings is 2. The molecule has 2 heterocycles. The summed E-state index contributed by atoms with van der Waals surface area (Å²) in [5.41, 5.74) is 6.43. The third-order valence-corrected chi connectivity index (χ3v) is 1.56. The second-order valence-corrected chi connectivity index (χ2v) is 2.22. The third-order valence-electron chi connectivity index (χ3n) is 1.56. The molecule has 0 aliphatic heterocycles. The summed E-state index contributed by atoms with van der Waals surface area (Å²) >= 11 is 0. The van der Waals surface area contributed by atoms with Crippen LogP contribution in [0.2, 0.25) is 0 Å². The zero-order valence-electron chi connectivity index (χ0n) is 5.63. The normalized spacial score (nSPS) is 10.9. The number of rotatable bonds is 0. The zero-order chi connectivity index (χ0) is 7.14. The van der Waals surface area contributed by atoms with Gasteiger partial charge in [-0.2, -0.15) is 0 Å². The highest BCUT2D eigenvalue weighted by Crippen LogP contribution is 2.10. The molecule has 0 bridgehead atoms. The van der Waals surface area contributed by atoms with Crippen LogP contribution in [0.15, 0.2) is 12.4 Å². The topological polar surface area (TPSA) is 59.1 Å². The van der Waals surface area contributed by atoms with Crippen molar-refractivity contribution in [3.63, 3.8) is 0 Å². The predicted octanol–water partition coefficient (Wildman–Crippen LogP) is 0.553. The van der Waals surface area contributed by atoms with Crippen LogP contribution in [-0.4, -0.2) is 14.4 Å². The van der Waals surface area contributed by atoms with Crippen molar-refractivity contribution in [3.05, 3.63) is 18.2 Å². The Labute approximate surface area is 57.7 Å². The molecule has 0 aromatic carbocycles. The Morgan fingerprint density at radius 2 is 2.50 bits per heavy atom. The van der Waals surface area contributed by atoms with E-state index in [0.29, 0.717) is 5.82 Å². The Morgan fingerprint density at radius 1 is 1.70 bits per heavy atom. The number of nitrogen functional groups attached to an aromatic ring is 1. The number of anilines is 1. The van der Waals surface area contributed by atoms with Gasteiger partial charge in [-0.05, 0) is 6.92 Å². The van der Waals surface area contributed by atoms with Gasteiger partial charge >= 0.3 is 0 Å². The van der Waals surface area contributed by atoms with Gasteiger partial charge in [0.05, 0.1) is 0 Å². The molecule has 10 heavy (non-hydrogen) atoms. The Bertz CT molecular complexity index is 325. The number of aryl methyl sites for hydroxylation is 1. The number of hydrogen-bond donors (Lipinski definition) is 2. The Hall–Kier alpha value is -1.45. The van der Waals surface area contributed by atoms with Crippen molar-refractivity contribution < 1.29 is 0 Å². The van der Waals surface area contributed by atoms with Crippen molar-refractivity contribution in [2.45, 2.75) is 6.92 Å². The fourth-order valence-corrected chi connectivity index (χ4v) is 1.08. The number of nitrogens with zero attached hydrogens (tertiary/aromatic N) is 2. The molecule has 0 unspecified atom stereocenters. The van der Waals surface area contributed by atoms with Gasteiger partial charge in [0.2, 0.25) is 0 Å². The van der Waals surface area contributed by atoms with E-state index in [4.69, 9.17) is 5.73 Å². The lowest BCUT2D eigenvalue weighted by Crippen LogP contribution is -1.84. The van der Waals surface area contributed by atoms with Crippen LogP contribution in [-0.2, 0) is 0 Å². The van der Waals surface area contributed by atoms with Crippen LogP contribution >= 0.6 is 0 Å². The smallest absolute Gasteiger partial charge is 0.167 e. The molecule has 52 valence electrons. The lowest BCUT2D eigenvalue weighted by Gasteiger charge is -1.81. The van der Waals surface area contributed by atoms with E-state index < -0.39 is 0 Å². The molecule has 0 saturated carbocycles. The Morgan fingerprint density at radius 3 is 3.20 bits per heavy atom. The summed E-state index contributed by atoms with van der Waals surface area (Å²) in [7, 11) is 0. The molecule has 0 atom stereocenters. The van der Waals surface area contributed by atoms with Crippen molar-refractivity contribution in [1.29, 1.82) is 0 Å². The number of H-pyrrole nitrogens is 1. The second-order valence-electron chi connectivity index (χ2n) is 2.22. The number of hydrogen-bond acceptors (Lipinski definition) is 2. The van der Waals surface area contributed by atoms with E-state index in [2.05, 4.69) is 9.97 Å². The minimum absolute atomic E-state index is 0.558. The summed E-state index contributed by atoms with van der Waals surface area (Å²) in [4.78, 5) is 7.04. The van der Waals surface area contributed by atoms with E-state index in [0.717, 1.165) is 11.5 Å². The maximum atomic E-state index is 5.56. The minimum Gasteiger partial charge on any atom is -0.381 e. The molecule has 2 rings (SSSR count). The maximum absolute atomic E-state index is 5.56. The molecule has 3 N–H and O–H groups in total. The molecule has 4 nitrogen and oxygen atoms in total. The first kappa shape index (κ1) is 5.34. The van der Waals surface area contributed by atoms with Crippen molar-refractivity contribution in [2.24, 2.45) is 0 Å². The van der Waals surface area contributed by atoms with E-state index in [-0.39, 0.29) is 0 Å². The van der Waals surface area contributed by atoms with Crippen LogP contribution in [0.4, 0.5) is 5.82 Å². The van der Waals surface area contributed by atoms with Gasteiger partial charge in [0.15, 0.2) is 11.5 Å². The predicted molar refractivity (Wildman–Crippen MR) is 38.7 cm³/mol. The zero-order valence-corrected chi connectivity index (χ0v) is 5.63. The highest BCUT2D eigenvalue weighted by atomic mass is 15.1. The Kier molecular flexibility index (Phi) is 0.818. The molecule has 0 saturated heterocycles. The van der Waals surface area contributed by atoms with Gasteiger partial charge in [-0.1, -0.05) is 0 Å². The van der Waals surface area contributed by atoms with Gasteiger partial charge in [-0.25, -0.2) is 4.98 Å². The summed E-state index contributed by atoms with van der Waals surface area (Å²) in [6.07, 6.45) is 3.73. The van der Waals surface area contributed by atoms with Crippen molar-refractivity contribution >= 4 is 11.5 Å². The minimum atomic E-state index is 0.558. The number of fused-ring (bicyclic) bond motifs is 1. The standard InChI is InChI=1S/C6H8N4/c1-4-9-5(7)6-8-2-3-10(4)6/h2-3,8H,7H2,1H3. The number of nitrogens with one attached hydrogen (secondary N) is 1. The highest BCUT2D eigenvalue weighted by molar-refractivity contribution is 5.60. The average Bonchev–Trinajstić information content (AvgIpc) is 2.39. The van der Waals surface area contributed by atoms with Crippen molar-refractivity contribution in [1.82, 2.24) is 14.4 Å². The molecule has 0 aliphatic rings. The van der Waals surface area contributed by atoms with Crippen molar-refractivity contribution in [3.8, 4) is 0 Å². The summed E-state index contributed by atoms with van der Waals surface area (Å²) in [5, 5.41) is 0. The highest BCUT2D eigenvalue weighted by Gasteiger charge is 2.02. The van der Waals surface area contributed by atoms with E-state index >= 15 is 0 Å². The van der Waals surface area contributed by atoms with Gasteiger partial charge in [0, 0.05) is 12.4 Å². The lowest BCUT2D eigenvalue weighted by molar-refractivity contribution is 1.06. The molecule has 0 spiro atoms. The molecule has 2 aromatic heterocycles. The molecule has 0 amide bonds. The summed E-state index contributed by atoms with van der Waals surface area (Å²) < 4.78 is 1.91. The monoisotopic (exact) mass is 136 g/mol. The summed E-state index contributed by atoms with van der Waals surface area (Å²) in [5.74, 6) is 1.47. The molecule has 0 aliphatic carbocycles. The SMILES string of the molecule is Cc1nc(N)c2[nH]ccn12. The average molecular weight is 136 g/mol. The van der Waals surface area contributed by atoms with E-state index in [1.165, 1.54) is 0 Å². The van der Waals surface area contributed by atoms with Gasteiger partial charge < -0.3 is 10.7 Å². The van der Waals surface area contributed by atoms with Crippen LogP contribution < -0.4 is 5.73 Å². The summed E-state index contributed by atoms with van der Waals surface area (Å²) in [6.45, 7) is 1.91. The maximum Gasteiger partial charge on any atom is 0.167 e. The quantitative estimate of drug-likeness (QED) is 0.555. The fourth-order valence-electron chi connectivity index (χ4n) is 1.08. The molecule has 4 heteroatoms. The largest absolute Gasteiger partial charge is 0.381 e.